The third-order valence-corrected chi connectivity index (χ3v) is 3.71. The minimum Gasteiger partial charge on any atom is -0.302 e. The second-order valence-electron chi connectivity index (χ2n) is 4.15. The summed E-state index contributed by atoms with van der Waals surface area (Å²) < 4.78 is 22.0. The largest absolute Gasteiger partial charge is 0.302 e. The van der Waals surface area contributed by atoms with Gasteiger partial charge in [0.25, 0.3) is 0 Å². The molecule has 0 spiro atoms. The van der Waals surface area contributed by atoms with E-state index >= 15 is 0 Å². The number of hydrogen-bond donors (Lipinski definition) is 2. The van der Waals surface area contributed by atoms with E-state index in [1.165, 1.54) is 6.26 Å². The van der Waals surface area contributed by atoms with Crippen LogP contribution in [0.15, 0.2) is 0 Å². The second kappa shape index (κ2) is 6.17. The zero-order chi connectivity index (χ0) is 12.9. The van der Waals surface area contributed by atoms with Crippen molar-refractivity contribution in [2.75, 3.05) is 25.6 Å². The Morgan fingerprint density at radius 1 is 1.44 bits per heavy atom. The van der Waals surface area contributed by atoms with Crippen LogP contribution < -0.4 is 11.3 Å². The van der Waals surface area contributed by atoms with Crippen LogP contribution in [0.3, 0.4) is 0 Å². The van der Waals surface area contributed by atoms with Crippen molar-refractivity contribution >= 4 is 15.7 Å². The van der Waals surface area contributed by atoms with Crippen LogP contribution in [0, 0.1) is 5.92 Å². The van der Waals surface area contributed by atoms with Crippen LogP contribution in [-0.4, -0.2) is 50.9 Å². The van der Waals surface area contributed by atoms with Crippen LogP contribution in [0.1, 0.15) is 13.8 Å². The zero-order valence-electron chi connectivity index (χ0n) is 10.2. The van der Waals surface area contributed by atoms with Crippen LogP contribution in [0.25, 0.3) is 0 Å². The number of carbonyl (C=O) groups is 1. The molecule has 0 fully saturated rings. The van der Waals surface area contributed by atoms with E-state index in [1.54, 1.807) is 14.0 Å². The van der Waals surface area contributed by atoms with Crippen molar-refractivity contribution in [3.05, 3.63) is 0 Å². The maximum atomic E-state index is 11.3. The smallest absolute Gasteiger partial charge is 0.238 e. The molecule has 16 heavy (non-hydrogen) atoms. The van der Waals surface area contributed by atoms with Crippen molar-refractivity contribution in [3.8, 4) is 0 Å². The summed E-state index contributed by atoms with van der Waals surface area (Å²) >= 11 is 0. The average molecular weight is 251 g/mol. The lowest BCUT2D eigenvalue weighted by atomic mass is 10.0. The van der Waals surface area contributed by atoms with E-state index in [0.717, 1.165) is 0 Å². The molecule has 0 aromatic carbocycles. The van der Waals surface area contributed by atoms with Crippen LogP contribution in [0.2, 0.25) is 0 Å². The summed E-state index contributed by atoms with van der Waals surface area (Å²) in [5.74, 6) is 4.59. The molecule has 0 saturated heterocycles. The minimum atomic E-state index is -2.97. The van der Waals surface area contributed by atoms with Crippen molar-refractivity contribution in [1.82, 2.24) is 10.3 Å². The molecule has 0 aromatic rings. The maximum absolute atomic E-state index is 11.3. The number of sulfone groups is 1. The first-order valence-electron chi connectivity index (χ1n) is 5.07. The van der Waals surface area contributed by atoms with E-state index in [4.69, 9.17) is 5.84 Å². The molecule has 2 unspecified atom stereocenters. The van der Waals surface area contributed by atoms with Gasteiger partial charge in [-0.15, -0.1) is 0 Å². The van der Waals surface area contributed by atoms with Crippen molar-refractivity contribution in [1.29, 1.82) is 0 Å². The van der Waals surface area contributed by atoms with Gasteiger partial charge in [0, 0.05) is 18.8 Å². The van der Waals surface area contributed by atoms with E-state index in [-0.39, 0.29) is 23.6 Å². The van der Waals surface area contributed by atoms with Gasteiger partial charge in [0.2, 0.25) is 5.91 Å². The number of nitrogens with two attached hydrogens (primary N) is 1. The fourth-order valence-corrected chi connectivity index (χ4v) is 1.87. The number of carbonyl (C=O) groups excluding carboxylic acids is 1. The molecule has 0 saturated carbocycles. The van der Waals surface area contributed by atoms with Crippen LogP contribution in [0.5, 0.6) is 0 Å². The number of nitrogens with one attached hydrogen (secondary N) is 1. The third kappa shape index (κ3) is 5.43. The summed E-state index contributed by atoms with van der Waals surface area (Å²) in [6, 6.07) is -0.0645. The highest BCUT2D eigenvalue weighted by molar-refractivity contribution is 7.90. The van der Waals surface area contributed by atoms with E-state index in [1.807, 2.05) is 11.8 Å². The summed E-state index contributed by atoms with van der Waals surface area (Å²) in [5.41, 5.74) is 2.09. The van der Waals surface area contributed by atoms with Gasteiger partial charge in [-0.1, -0.05) is 6.92 Å². The predicted molar refractivity (Wildman–Crippen MR) is 63.3 cm³/mol. The van der Waals surface area contributed by atoms with E-state index in [9.17, 15) is 13.2 Å². The van der Waals surface area contributed by atoms with Crippen LogP contribution in [0.4, 0.5) is 0 Å². The minimum absolute atomic E-state index is 0.0645. The molecule has 0 heterocycles. The van der Waals surface area contributed by atoms with Crippen LogP contribution in [-0.2, 0) is 14.6 Å². The highest BCUT2D eigenvalue weighted by Gasteiger charge is 2.23. The Bertz CT molecular complexity index is 329. The molecule has 0 aliphatic heterocycles. The summed E-state index contributed by atoms with van der Waals surface area (Å²) in [6.45, 7) is 4.02. The first-order chi connectivity index (χ1) is 7.19. The predicted octanol–water partition coefficient (Wildman–Crippen LogP) is -1.02. The molecule has 96 valence electrons. The molecule has 3 N–H and O–H groups in total. The summed E-state index contributed by atoms with van der Waals surface area (Å²) in [6.07, 6.45) is 1.20. The Kier molecular flexibility index (Phi) is 5.91. The number of amides is 1. The number of hydrazine groups is 1. The van der Waals surface area contributed by atoms with Gasteiger partial charge in [0.15, 0.2) is 0 Å². The first-order valence-corrected chi connectivity index (χ1v) is 7.13. The van der Waals surface area contributed by atoms with Gasteiger partial charge in [0.05, 0.1) is 11.7 Å². The molecule has 1 amide bonds. The third-order valence-electron chi connectivity index (χ3n) is 2.79. The molecule has 0 rings (SSSR count). The Morgan fingerprint density at radius 2 is 1.94 bits per heavy atom. The Morgan fingerprint density at radius 3 is 2.31 bits per heavy atom. The van der Waals surface area contributed by atoms with Crippen molar-refractivity contribution < 1.29 is 13.2 Å². The highest BCUT2D eigenvalue weighted by Crippen LogP contribution is 2.09. The molecular weight excluding hydrogens is 230 g/mol. The van der Waals surface area contributed by atoms with Gasteiger partial charge in [-0.3, -0.25) is 10.2 Å². The fourth-order valence-electron chi connectivity index (χ4n) is 1.25. The molecule has 0 aromatic heterocycles. The van der Waals surface area contributed by atoms with Crippen molar-refractivity contribution in [2.45, 2.75) is 19.9 Å². The van der Waals surface area contributed by atoms with E-state index < -0.39 is 9.84 Å². The van der Waals surface area contributed by atoms with Gasteiger partial charge in [-0.05, 0) is 14.0 Å². The molecule has 2 atom stereocenters. The zero-order valence-corrected chi connectivity index (χ0v) is 11.0. The highest BCUT2D eigenvalue weighted by atomic mass is 32.2. The standard InChI is InChI=1S/C9H21N3O3S/c1-7(9(13)11-10)8(2)12(3)5-6-16(4,14)15/h7-8H,5-6,10H2,1-4H3,(H,11,13). The van der Waals surface area contributed by atoms with Crippen molar-refractivity contribution in [2.24, 2.45) is 11.8 Å². The Labute approximate surface area is 97.1 Å². The molecule has 0 aliphatic rings. The molecular formula is C9H21N3O3S. The Balaban J connectivity index is 4.28. The van der Waals surface area contributed by atoms with E-state index in [2.05, 4.69) is 5.43 Å². The van der Waals surface area contributed by atoms with E-state index in [0.29, 0.717) is 6.54 Å². The summed E-state index contributed by atoms with van der Waals surface area (Å²) in [5, 5.41) is 0. The van der Waals surface area contributed by atoms with Crippen molar-refractivity contribution in [3.63, 3.8) is 0 Å². The number of hydrogen-bond acceptors (Lipinski definition) is 5. The first kappa shape index (κ1) is 15.3. The quantitative estimate of drug-likeness (QED) is 0.358. The molecule has 0 bridgehead atoms. The normalized spacial score (nSPS) is 15.9. The lowest BCUT2D eigenvalue weighted by molar-refractivity contribution is -0.126. The second-order valence-corrected chi connectivity index (χ2v) is 6.41. The number of nitrogens with zero attached hydrogens (tertiary/aromatic N) is 1. The lowest BCUT2D eigenvalue weighted by Crippen LogP contribution is -2.45. The van der Waals surface area contributed by atoms with Gasteiger partial charge >= 0.3 is 0 Å². The summed E-state index contributed by atoms with van der Waals surface area (Å²) in [4.78, 5) is 13.1. The van der Waals surface area contributed by atoms with Gasteiger partial charge in [0.1, 0.15) is 9.84 Å². The maximum Gasteiger partial charge on any atom is 0.238 e. The SMILES string of the molecule is CC(C(=O)NN)C(C)N(C)CCS(C)(=O)=O. The van der Waals surface area contributed by atoms with Gasteiger partial charge < -0.3 is 4.90 Å². The molecule has 7 heteroatoms. The summed E-state index contributed by atoms with van der Waals surface area (Å²) in [7, 11) is -1.18. The van der Waals surface area contributed by atoms with Gasteiger partial charge in [-0.2, -0.15) is 0 Å². The van der Waals surface area contributed by atoms with Crippen LogP contribution >= 0.6 is 0 Å². The topological polar surface area (TPSA) is 92.5 Å². The molecule has 0 radical (unpaired) electrons. The average Bonchev–Trinajstić information content (AvgIpc) is 2.21. The van der Waals surface area contributed by atoms with Gasteiger partial charge in [-0.25, -0.2) is 14.3 Å². The molecule has 6 nitrogen and oxygen atoms in total. The Hall–Kier alpha value is -0.660. The fraction of sp³-hybridized carbons (Fsp3) is 0.889. The molecule has 0 aliphatic carbocycles. The number of rotatable bonds is 6. The monoisotopic (exact) mass is 251 g/mol. The lowest BCUT2D eigenvalue weighted by Gasteiger charge is -2.28.